The molecule has 2 fully saturated rings. The standard InChI is InChI=1S/C12H22N2O4S/c1-9(11-3-2-5-18-11)14-12(15)13-7-10-4-6-19(16,17)8-10/h9-11H,2-8H2,1H3,(H2,13,14,15). The van der Waals surface area contributed by atoms with Gasteiger partial charge in [0.1, 0.15) is 0 Å². The Hall–Kier alpha value is -0.820. The number of amides is 2. The molecule has 0 saturated carbocycles. The first kappa shape index (κ1) is 14.6. The number of hydrogen-bond acceptors (Lipinski definition) is 4. The van der Waals surface area contributed by atoms with Crippen molar-refractivity contribution >= 4 is 15.9 Å². The summed E-state index contributed by atoms with van der Waals surface area (Å²) in [6.45, 7) is 3.11. The smallest absolute Gasteiger partial charge is 0.315 e. The van der Waals surface area contributed by atoms with E-state index in [1.165, 1.54) is 0 Å². The van der Waals surface area contributed by atoms with Crippen molar-refractivity contribution in [1.82, 2.24) is 10.6 Å². The molecule has 0 aromatic rings. The highest BCUT2D eigenvalue weighted by molar-refractivity contribution is 7.91. The fourth-order valence-electron chi connectivity index (χ4n) is 2.62. The first-order valence-electron chi connectivity index (χ1n) is 6.83. The molecule has 2 N–H and O–H groups in total. The van der Waals surface area contributed by atoms with E-state index in [1.54, 1.807) is 0 Å². The molecule has 7 heteroatoms. The second-order valence-electron chi connectivity index (χ2n) is 5.46. The van der Waals surface area contributed by atoms with Crippen LogP contribution < -0.4 is 10.6 Å². The summed E-state index contributed by atoms with van der Waals surface area (Å²) in [7, 11) is -2.87. The molecule has 2 rings (SSSR count). The summed E-state index contributed by atoms with van der Waals surface area (Å²) in [4.78, 5) is 11.7. The van der Waals surface area contributed by atoms with Gasteiger partial charge in [-0.25, -0.2) is 13.2 Å². The van der Waals surface area contributed by atoms with Crippen LogP contribution in [0, 0.1) is 5.92 Å². The molecule has 19 heavy (non-hydrogen) atoms. The lowest BCUT2D eigenvalue weighted by molar-refractivity contribution is 0.0860. The molecule has 0 aliphatic carbocycles. The van der Waals surface area contributed by atoms with E-state index in [0.717, 1.165) is 19.4 Å². The van der Waals surface area contributed by atoms with Gasteiger partial charge in [0.15, 0.2) is 9.84 Å². The normalized spacial score (nSPS) is 31.0. The first-order chi connectivity index (χ1) is 8.96. The van der Waals surface area contributed by atoms with Crippen LogP contribution in [0.15, 0.2) is 0 Å². The van der Waals surface area contributed by atoms with Gasteiger partial charge in [-0.1, -0.05) is 0 Å². The van der Waals surface area contributed by atoms with Gasteiger partial charge in [-0.15, -0.1) is 0 Å². The summed E-state index contributed by atoms with van der Waals surface area (Å²) in [5.74, 6) is 0.482. The second kappa shape index (κ2) is 6.09. The minimum Gasteiger partial charge on any atom is -0.376 e. The fraction of sp³-hybridized carbons (Fsp3) is 0.917. The Labute approximate surface area is 114 Å². The molecule has 3 atom stereocenters. The van der Waals surface area contributed by atoms with Gasteiger partial charge in [0, 0.05) is 13.2 Å². The Bertz CT molecular complexity index is 417. The molecule has 2 amide bonds. The number of ether oxygens (including phenoxy) is 1. The van der Waals surface area contributed by atoms with Gasteiger partial charge in [0.25, 0.3) is 0 Å². The van der Waals surface area contributed by atoms with Crippen LogP contribution in [0.4, 0.5) is 4.79 Å². The Balaban J connectivity index is 1.67. The highest BCUT2D eigenvalue weighted by atomic mass is 32.2. The van der Waals surface area contributed by atoms with Crippen molar-refractivity contribution in [1.29, 1.82) is 0 Å². The maximum absolute atomic E-state index is 11.7. The zero-order valence-corrected chi connectivity index (χ0v) is 12.0. The van der Waals surface area contributed by atoms with Crippen LogP contribution in [0.5, 0.6) is 0 Å². The molecule has 2 heterocycles. The minimum atomic E-state index is -2.87. The topological polar surface area (TPSA) is 84.5 Å². The van der Waals surface area contributed by atoms with Crippen molar-refractivity contribution < 1.29 is 17.9 Å². The number of urea groups is 1. The summed E-state index contributed by atoms with van der Waals surface area (Å²) >= 11 is 0. The highest BCUT2D eigenvalue weighted by Crippen LogP contribution is 2.17. The molecule has 0 radical (unpaired) electrons. The predicted octanol–water partition coefficient (Wildman–Crippen LogP) is 0.288. The van der Waals surface area contributed by atoms with Crippen LogP contribution in [-0.4, -0.2) is 51.3 Å². The largest absolute Gasteiger partial charge is 0.376 e. The number of rotatable bonds is 4. The first-order valence-corrected chi connectivity index (χ1v) is 8.65. The summed E-state index contributed by atoms with van der Waals surface area (Å²) in [6, 6.07) is -0.262. The van der Waals surface area contributed by atoms with Crippen molar-refractivity contribution in [3.8, 4) is 0 Å². The summed E-state index contributed by atoms with van der Waals surface area (Å²) in [6.07, 6.45) is 2.75. The molecule has 0 aromatic carbocycles. The number of carbonyl (C=O) groups excluding carboxylic acids is 1. The molecule has 2 aliphatic rings. The monoisotopic (exact) mass is 290 g/mol. The molecule has 2 saturated heterocycles. The van der Waals surface area contributed by atoms with Gasteiger partial charge in [0.2, 0.25) is 0 Å². The predicted molar refractivity (Wildman–Crippen MR) is 71.7 cm³/mol. The molecule has 110 valence electrons. The molecule has 0 spiro atoms. The highest BCUT2D eigenvalue weighted by Gasteiger charge is 2.28. The summed E-state index contributed by atoms with van der Waals surface area (Å²) < 4.78 is 28.1. The van der Waals surface area contributed by atoms with Gasteiger partial charge in [-0.2, -0.15) is 0 Å². The van der Waals surface area contributed by atoms with Crippen molar-refractivity contribution in [3.63, 3.8) is 0 Å². The van der Waals surface area contributed by atoms with E-state index < -0.39 is 9.84 Å². The second-order valence-corrected chi connectivity index (χ2v) is 7.69. The average molecular weight is 290 g/mol. The van der Waals surface area contributed by atoms with Crippen LogP contribution >= 0.6 is 0 Å². The SMILES string of the molecule is CC(NC(=O)NCC1CCS(=O)(=O)C1)C1CCCO1. The van der Waals surface area contributed by atoms with Crippen molar-refractivity contribution in [2.45, 2.75) is 38.3 Å². The maximum atomic E-state index is 11.7. The van der Waals surface area contributed by atoms with Crippen molar-refractivity contribution in [2.75, 3.05) is 24.7 Å². The molecule has 6 nitrogen and oxygen atoms in total. The van der Waals surface area contributed by atoms with E-state index in [1.807, 2.05) is 6.92 Å². The van der Waals surface area contributed by atoms with E-state index in [4.69, 9.17) is 4.74 Å². The zero-order chi connectivity index (χ0) is 13.9. The lowest BCUT2D eigenvalue weighted by atomic mass is 10.1. The molecule has 0 aromatic heterocycles. The minimum absolute atomic E-state index is 0.0187. The lowest BCUT2D eigenvalue weighted by Gasteiger charge is -2.20. The van der Waals surface area contributed by atoms with Gasteiger partial charge in [-0.05, 0) is 32.1 Å². The number of sulfone groups is 1. The molecular weight excluding hydrogens is 268 g/mol. The van der Waals surface area contributed by atoms with E-state index in [-0.39, 0.29) is 35.6 Å². The van der Waals surface area contributed by atoms with Gasteiger partial charge in [0.05, 0.1) is 23.7 Å². The summed E-state index contributed by atoms with van der Waals surface area (Å²) in [5, 5.41) is 5.59. The maximum Gasteiger partial charge on any atom is 0.315 e. The molecule has 3 unspecified atom stereocenters. The van der Waals surface area contributed by atoms with E-state index in [9.17, 15) is 13.2 Å². The Kier molecular flexibility index (Phi) is 4.67. The number of nitrogens with one attached hydrogen (secondary N) is 2. The molecule has 0 bridgehead atoms. The fourth-order valence-corrected chi connectivity index (χ4v) is 4.48. The van der Waals surface area contributed by atoms with Crippen LogP contribution in [-0.2, 0) is 14.6 Å². The third-order valence-corrected chi connectivity index (χ3v) is 5.60. The molecule has 2 aliphatic heterocycles. The quantitative estimate of drug-likeness (QED) is 0.779. The van der Waals surface area contributed by atoms with Crippen molar-refractivity contribution in [3.05, 3.63) is 0 Å². The van der Waals surface area contributed by atoms with Gasteiger partial charge in [-0.3, -0.25) is 0 Å². The van der Waals surface area contributed by atoms with Crippen LogP contribution in [0.2, 0.25) is 0 Å². The summed E-state index contributed by atoms with van der Waals surface area (Å²) in [5.41, 5.74) is 0. The molecular formula is C12H22N2O4S. The van der Waals surface area contributed by atoms with Gasteiger partial charge >= 0.3 is 6.03 Å². The third kappa shape index (κ3) is 4.35. The van der Waals surface area contributed by atoms with Crippen LogP contribution in [0.1, 0.15) is 26.2 Å². The zero-order valence-electron chi connectivity index (χ0n) is 11.2. The van der Waals surface area contributed by atoms with Crippen molar-refractivity contribution in [2.24, 2.45) is 5.92 Å². The van der Waals surface area contributed by atoms with E-state index in [2.05, 4.69) is 10.6 Å². The van der Waals surface area contributed by atoms with E-state index >= 15 is 0 Å². The lowest BCUT2D eigenvalue weighted by Crippen LogP contribution is -2.47. The van der Waals surface area contributed by atoms with Crippen LogP contribution in [0.3, 0.4) is 0 Å². The third-order valence-electron chi connectivity index (χ3n) is 3.76. The average Bonchev–Trinajstić information content (AvgIpc) is 2.95. The Morgan fingerprint density at radius 3 is 2.79 bits per heavy atom. The number of hydrogen-bond donors (Lipinski definition) is 2. The van der Waals surface area contributed by atoms with E-state index in [0.29, 0.717) is 13.0 Å². The Morgan fingerprint density at radius 2 is 2.21 bits per heavy atom. The van der Waals surface area contributed by atoms with Crippen LogP contribution in [0.25, 0.3) is 0 Å². The number of carbonyl (C=O) groups is 1. The van der Waals surface area contributed by atoms with Gasteiger partial charge < -0.3 is 15.4 Å². The Morgan fingerprint density at radius 1 is 1.42 bits per heavy atom.